The SMILES string of the molecule is CCOC(=O)c1cnn(-c2ccccn2)c1/N=N/c1c(C(C)(C)C)nn(C)c1O. The van der Waals surface area contributed by atoms with Crippen LogP contribution in [0.5, 0.6) is 5.88 Å². The number of nitrogens with zero attached hydrogens (tertiary/aromatic N) is 7. The molecule has 0 aromatic carbocycles. The van der Waals surface area contributed by atoms with Crippen LogP contribution in [0.4, 0.5) is 11.5 Å². The van der Waals surface area contributed by atoms with Gasteiger partial charge >= 0.3 is 5.97 Å². The number of hydrogen-bond donors (Lipinski definition) is 1. The molecular formula is C19H23N7O3. The van der Waals surface area contributed by atoms with E-state index in [2.05, 4.69) is 25.4 Å². The molecule has 0 aliphatic carbocycles. The van der Waals surface area contributed by atoms with Gasteiger partial charge in [-0.05, 0) is 19.1 Å². The molecule has 0 amide bonds. The number of rotatable bonds is 5. The minimum Gasteiger partial charge on any atom is -0.492 e. The third kappa shape index (κ3) is 4.00. The minimum atomic E-state index is -0.574. The van der Waals surface area contributed by atoms with Gasteiger partial charge in [-0.25, -0.2) is 14.5 Å². The van der Waals surface area contributed by atoms with Crippen molar-refractivity contribution in [2.75, 3.05) is 6.61 Å². The highest BCUT2D eigenvalue weighted by atomic mass is 16.5. The largest absolute Gasteiger partial charge is 0.492 e. The van der Waals surface area contributed by atoms with Crippen LogP contribution >= 0.6 is 0 Å². The van der Waals surface area contributed by atoms with Crippen LogP contribution in [0.25, 0.3) is 5.82 Å². The zero-order valence-electron chi connectivity index (χ0n) is 17.0. The molecule has 152 valence electrons. The number of ether oxygens (including phenoxy) is 1. The fourth-order valence-electron chi connectivity index (χ4n) is 2.64. The topological polar surface area (TPSA) is 120 Å². The van der Waals surface area contributed by atoms with Gasteiger partial charge in [0.1, 0.15) is 5.56 Å². The van der Waals surface area contributed by atoms with Gasteiger partial charge in [0.2, 0.25) is 5.88 Å². The zero-order chi connectivity index (χ0) is 21.2. The van der Waals surface area contributed by atoms with E-state index in [1.54, 1.807) is 38.4 Å². The number of aromatic nitrogens is 5. The maximum Gasteiger partial charge on any atom is 0.343 e. The molecule has 0 aliphatic heterocycles. The molecule has 10 heteroatoms. The molecule has 1 N–H and O–H groups in total. The quantitative estimate of drug-likeness (QED) is 0.519. The van der Waals surface area contributed by atoms with Crippen molar-refractivity contribution in [2.24, 2.45) is 17.3 Å². The second-order valence-corrected chi connectivity index (χ2v) is 7.30. The number of esters is 1. The van der Waals surface area contributed by atoms with Crippen LogP contribution in [0.2, 0.25) is 0 Å². The first kappa shape index (κ1) is 20.2. The van der Waals surface area contributed by atoms with Crippen LogP contribution in [0.15, 0.2) is 40.8 Å². The predicted molar refractivity (Wildman–Crippen MR) is 105 cm³/mol. The molecule has 0 bridgehead atoms. The molecule has 0 saturated heterocycles. The lowest BCUT2D eigenvalue weighted by atomic mass is 9.91. The van der Waals surface area contributed by atoms with Gasteiger partial charge in [-0.1, -0.05) is 26.8 Å². The highest BCUT2D eigenvalue weighted by Crippen LogP contribution is 2.38. The van der Waals surface area contributed by atoms with E-state index in [-0.39, 0.29) is 35.0 Å². The maximum absolute atomic E-state index is 12.4. The standard InChI is InChI=1S/C19H23N7O3/c1-6-29-18(28)12-11-21-26(13-9-7-8-10-20-13)16(12)23-22-14-15(19(2,3)4)24-25(5)17(14)27/h7-11,27H,6H2,1-5H3/b23-22+. The lowest BCUT2D eigenvalue weighted by Crippen LogP contribution is -2.12. The Hall–Kier alpha value is -3.56. The second kappa shape index (κ2) is 7.82. The van der Waals surface area contributed by atoms with Crippen molar-refractivity contribution >= 4 is 17.5 Å². The molecule has 0 saturated carbocycles. The molecule has 0 fully saturated rings. The summed E-state index contributed by atoms with van der Waals surface area (Å²) in [5.41, 5.74) is 0.562. The molecule has 0 radical (unpaired) electrons. The average molecular weight is 397 g/mol. The number of carbonyl (C=O) groups is 1. The van der Waals surface area contributed by atoms with Gasteiger partial charge < -0.3 is 9.84 Å². The number of azo groups is 1. The zero-order valence-corrected chi connectivity index (χ0v) is 17.0. The van der Waals surface area contributed by atoms with Crippen molar-refractivity contribution in [3.63, 3.8) is 0 Å². The van der Waals surface area contributed by atoms with E-state index in [4.69, 9.17) is 4.74 Å². The van der Waals surface area contributed by atoms with Gasteiger partial charge in [-0.3, -0.25) is 0 Å². The molecule has 29 heavy (non-hydrogen) atoms. The Kier molecular flexibility index (Phi) is 5.44. The van der Waals surface area contributed by atoms with Crippen LogP contribution in [-0.2, 0) is 17.2 Å². The van der Waals surface area contributed by atoms with Gasteiger partial charge in [0.25, 0.3) is 0 Å². The van der Waals surface area contributed by atoms with Crippen molar-refractivity contribution in [1.29, 1.82) is 0 Å². The molecule has 10 nitrogen and oxygen atoms in total. The van der Waals surface area contributed by atoms with E-state index in [1.807, 2.05) is 20.8 Å². The van der Waals surface area contributed by atoms with Crippen molar-refractivity contribution < 1.29 is 14.6 Å². The summed E-state index contributed by atoms with van der Waals surface area (Å²) >= 11 is 0. The van der Waals surface area contributed by atoms with Crippen LogP contribution in [0, 0.1) is 0 Å². The third-order valence-electron chi connectivity index (χ3n) is 4.05. The normalized spacial score (nSPS) is 11.9. The summed E-state index contributed by atoms with van der Waals surface area (Å²) in [6.07, 6.45) is 2.96. The number of carbonyl (C=O) groups excluding carboxylic acids is 1. The van der Waals surface area contributed by atoms with Crippen LogP contribution in [-0.4, -0.2) is 42.2 Å². The maximum atomic E-state index is 12.4. The van der Waals surface area contributed by atoms with Crippen molar-refractivity contribution in [3.8, 4) is 11.7 Å². The molecule has 0 atom stereocenters. The van der Waals surface area contributed by atoms with Gasteiger partial charge in [-0.2, -0.15) is 14.9 Å². The molecular weight excluding hydrogens is 374 g/mol. The Morgan fingerprint density at radius 3 is 2.66 bits per heavy atom. The Labute approximate surface area is 167 Å². The Morgan fingerprint density at radius 2 is 2.03 bits per heavy atom. The summed E-state index contributed by atoms with van der Waals surface area (Å²) in [4.78, 5) is 16.6. The molecule has 3 heterocycles. The number of aryl methyl sites for hydroxylation is 1. The third-order valence-corrected chi connectivity index (χ3v) is 4.05. The van der Waals surface area contributed by atoms with E-state index in [0.717, 1.165) is 0 Å². The monoisotopic (exact) mass is 397 g/mol. The lowest BCUT2D eigenvalue weighted by Gasteiger charge is -2.15. The first-order valence-electron chi connectivity index (χ1n) is 9.08. The molecule has 0 aliphatic rings. The molecule has 3 aromatic heterocycles. The fourth-order valence-corrected chi connectivity index (χ4v) is 2.64. The van der Waals surface area contributed by atoms with Crippen LogP contribution in [0.1, 0.15) is 43.7 Å². The molecule has 3 rings (SSSR count). The highest BCUT2D eigenvalue weighted by molar-refractivity contribution is 5.94. The summed E-state index contributed by atoms with van der Waals surface area (Å²) in [7, 11) is 1.62. The highest BCUT2D eigenvalue weighted by Gasteiger charge is 2.27. The van der Waals surface area contributed by atoms with E-state index in [0.29, 0.717) is 11.5 Å². The lowest BCUT2D eigenvalue weighted by molar-refractivity contribution is 0.0527. The summed E-state index contributed by atoms with van der Waals surface area (Å²) in [6.45, 7) is 7.79. The van der Waals surface area contributed by atoms with Crippen molar-refractivity contribution in [1.82, 2.24) is 24.5 Å². The van der Waals surface area contributed by atoms with Crippen molar-refractivity contribution in [2.45, 2.75) is 33.1 Å². The van der Waals surface area contributed by atoms with Gasteiger partial charge in [-0.15, -0.1) is 10.2 Å². The van der Waals surface area contributed by atoms with Gasteiger partial charge in [0.15, 0.2) is 17.3 Å². The summed E-state index contributed by atoms with van der Waals surface area (Å²) in [5.74, 6) is -0.0935. The Balaban J connectivity index is 2.14. The molecule has 3 aromatic rings. The van der Waals surface area contributed by atoms with E-state index in [9.17, 15) is 9.90 Å². The molecule has 0 unspecified atom stereocenters. The van der Waals surface area contributed by atoms with Crippen molar-refractivity contribution in [3.05, 3.63) is 41.9 Å². The summed E-state index contributed by atoms with van der Waals surface area (Å²) in [5, 5.41) is 27.4. The average Bonchev–Trinajstić information content (AvgIpc) is 3.22. The van der Waals surface area contributed by atoms with Gasteiger partial charge in [0, 0.05) is 18.7 Å². The molecule has 0 spiro atoms. The second-order valence-electron chi connectivity index (χ2n) is 7.30. The Bertz CT molecular complexity index is 1050. The van der Waals surface area contributed by atoms with E-state index < -0.39 is 5.97 Å². The summed E-state index contributed by atoms with van der Waals surface area (Å²) < 4.78 is 7.81. The fraction of sp³-hybridized carbons (Fsp3) is 0.368. The summed E-state index contributed by atoms with van der Waals surface area (Å²) in [6, 6.07) is 5.28. The van der Waals surface area contributed by atoms with Gasteiger partial charge in [0.05, 0.1) is 18.5 Å². The Morgan fingerprint density at radius 1 is 1.28 bits per heavy atom. The van der Waals surface area contributed by atoms with E-state index >= 15 is 0 Å². The van der Waals surface area contributed by atoms with Crippen LogP contribution in [0.3, 0.4) is 0 Å². The predicted octanol–water partition coefficient (Wildman–Crippen LogP) is 3.60. The minimum absolute atomic E-state index is 0.125. The number of aromatic hydroxyl groups is 1. The smallest absolute Gasteiger partial charge is 0.343 e. The first-order chi connectivity index (χ1) is 13.7. The first-order valence-corrected chi connectivity index (χ1v) is 9.08. The number of pyridine rings is 1. The number of hydrogen-bond acceptors (Lipinski definition) is 8. The van der Waals surface area contributed by atoms with Crippen LogP contribution < -0.4 is 0 Å². The van der Waals surface area contributed by atoms with E-state index in [1.165, 1.54) is 15.6 Å².